The van der Waals surface area contributed by atoms with E-state index in [2.05, 4.69) is 15.6 Å². The van der Waals surface area contributed by atoms with Crippen LogP contribution >= 0.6 is 11.6 Å². The van der Waals surface area contributed by atoms with Gasteiger partial charge in [-0.15, -0.1) is 0 Å². The second kappa shape index (κ2) is 7.64. The minimum absolute atomic E-state index is 0.0229. The molecule has 0 aliphatic heterocycles. The Labute approximate surface area is 138 Å². The molecule has 1 aromatic heterocycles. The number of hydrogen-bond donors (Lipinski definition) is 1. The number of anilines is 1. The summed E-state index contributed by atoms with van der Waals surface area (Å²) in [5.74, 6) is 1.21. The van der Waals surface area contributed by atoms with Crippen molar-refractivity contribution in [3.8, 4) is 11.5 Å². The van der Waals surface area contributed by atoms with Crippen LogP contribution in [0.4, 0.5) is 5.69 Å². The highest BCUT2D eigenvalue weighted by Crippen LogP contribution is 2.30. The Morgan fingerprint density at radius 2 is 2.26 bits per heavy atom. The van der Waals surface area contributed by atoms with Gasteiger partial charge in [0, 0.05) is 12.6 Å². The largest absolute Gasteiger partial charge is 0.492 e. The number of aryl methyl sites for hydroxylation is 1. The third-order valence-electron chi connectivity index (χ3n) is 2.98. The minimum Gasteiger partial charge on any atom is -0.492 e. The van der Waals surface area contributed by atoms with Crippen LogP contribution in [0.5, 0.6) is 11.5 Å². The molecule has 2 rings (SSSR count). The molecule has 1 aromatic carbocycles. The van der Waals surface area contributed by atoms with Gasteiger partial charge in [0.15, 0.2) is 11.5 Å². The fraction of sp³-hybridized carbons (Fsp3) is 0.267. The van der Waals surface area contributed by atoms with Crippen molar-refractivity contribution in [2.75, 3.05) is 19.1 Å². The van der Waals surface area contributed by atoms with Gasteiger partial charge in [0.05, 0.1) is 26.1 Å². The second-order valence-electron chi connectivity index (χ2n) is 4.48. The van der Waals surface area contributed by atoms with E-state index in [1.165, 1.54) is 13.2 Å². The lowest BCUT2D eigenvalue weighted by Crippen LogP contribution is -2.20. The topological polar surface area (TPSA) is 77.7 Å². The number of halogens is 1. The summed E-state index contributed by atoms with van der Waals surface area (Å²) in [6.07, 6.45) is 2.98. The Morgan fingerprint density at radius 1 is 1.48 bits per heavy atom. The maximum Gasteiger partial charge on any atom is 0.287 e. The van der Waals surface area contributed by atoms with Crippen molar-refractivity contribution in [3.05, 3.63) is 45.3 Å². The third kappa shape index (κ3) is 3.81. The SMILES string of the molecule is CCOc1cccc(/C=N\Nc2cnn(C)c(=O)c2Cl)c1OC. The first-order valence-corrected chi connectivity index (χ1v) is 7.27. The molecule has 0 saturated heterocycles. The van der Waals surface area contributed by atoms with Gasteiger partial charge in [-0.05, 0) is 19.1 Å². The lowest BCUT2D eigenvalue weighted by molar-refractivity contribution is 0.311. The molecule has 0 radical (unpaired) electrons. The molecule has 0 amide bonds. The van der Waals surface area contributed by atoms with E-state index in [1.54, 1.807) is 13.3 Å². The van der Waals surface area contributed by atoms with Crippen LogP contribution in [0.15, 0.2) is 34.3 Å². The van der Waals surface area contributed by atoms with Gasteiger partial charge in [0.1, 0.15) is 10.7 Å². The molecule has 1 heterocycles. The first kappa shape index (κ1) is 16.8. The molecule has 0 aliphatic carbocycles. The molecule has 2 aromatic rings. The standard InChI is InChI=1S/C15H17ClN4O3/c1-4-23-12-7-5-6-10(14(12)22-3)8-17-19-11-9-18-20(2)15(21)13(11)16/h5-9,19H,4H2,1-3H3/b17-8-. The molecule has 1 N–H and O–H groups in total. The Hall–Kier alpha value is -2.54. The van der Waals surface area contributed by atoms with Crippen molar-refractivity contribution in [2.24, 2.45) is 12.1 Å². The van der Waals surface area contributed by atoms with E-state index in [1.807, 2.05) is 25.1 Å². The zero-order chi connectivity index (χ0) is 16.8. The molecule has 0 unspecified atom stereocenters. The Kier molecular flexibility index (Phi) is 5.59. The normalized spacial score (nSPS) is 10.8. The minimum atomic E-state index is -0.400. The summed E-state index contributed by atoms with van der Waals surface area (Å²) in [7, 11) is 3.08. The number of hydrogen-bond acceptors (Lipinski definition) is 6. The maximum atomic E-state index is 11.7. The van der Waals surface area contributed by atoms with Crippen LogP contribution in [0.2, 0.25) is 5.02 Å². The molecule has 0 spiro atoms. The molecule has 0 bridgehead atoms. The molecule has 0 fully saturated rings. The molecular formula is C15H17ClN4O3. The summed E-state index contributed by atoms with van der Waals surface area (Å²) in [5, 5.41) is 7.97. The fourth-order valence-electron chi connectivity index (χ4n) is 1.88. The summed E-state index contributed by atoms with van der Waals surface area (Å²) >= 11 is 5.95. The fourth-order valence-corrected chi connectivity index (χ4v) is 2.10. The van der Waals surface area contributed by atoms with Crippen LogP contribution < -0.4 is 20.5 Å². The van der Waals surface area contributed by atoms with Gasteiger partial charge in [-0.3, -0.25) is 10.2 Å². The number of hydrazone groups is 1. The highest BCUT2D eigenvalue weighted by Gasteiger charge is 2.09. The van der Waals surface area contributed by atoms with Crippen molar-refractivity contribution in [1.82, 2.24) is 9.78 Å². The average Bonchev–Trinajstić information content (AvgIpc) is 2.55. The first-order chi connectivity index (χ1) is 11.1. The van der Waals surface area contributed by atoms with Crippen molar-refractivity contribution in [3.63, 3.8) is 0 Å². The molecule has 7 nitrogen and oxygen atoms in total. The van der Waals surface area contributed by atoms with E-state index in [0.29, 0.717) is 23.8 Å². The van der Waals surface area contributed by atoms with Gasteiger partial charge >= 0.3 is 0 Å². The maximum absolute atomic E-state index is 11.7. The number of ether oxygens (including phenoxy) is 2. The van der Waals surface area contributed by atoms with Crippen molar-refractivity contribution in [2.45, 2.75) is 6.92 Å². The summed E-state index contributed by atoms with van der Waals surface area (Å²) in [4.78, 5) is 11.7. The predicted octanol–water partition coefficient (Wildman–Crippen LogP) is 2.29. The number of nitrogens with zero attached hydrogens (tertiary/aromatic N) is 3. The molecule has 0 aliphatic rings. The number of benzene rings is 1. The van der Waals surface area contributed by atoms with Crippen LogP contribution in [0, 0.1) is 0 Å². The van der Waals surface area contributed by atoms with Gasteiger partial charge in [-0.25, -0.2) is 4.68 Å². The van der Waals surface area contributed by atoms with Gasteiger partial charge in [-0.1, -0.05) is 17.7 Å². The summed E-state index contributed by atoms with van der Waals surface area (Å²) in [5.41, 5.74) is 3.34. The highest BCUT2D eigenvalue weighted by molar-refractivity contribution is 6.32. The van der Waals surface area contributed by atoms with E-state index in [-0.39, 0.29) is 5.02 Å². The summed E-state index contributed by atoms with van der Waals surface area (Å²) in [6.45, 7) is 2.43. The van der Waals surface area contributed by atoms with Crippen LogP contribution in [-0.4, -0.2) is 29.7 Å². The van der Waals surface area contributed by atoms with Crippen LogP contribution in [-0.2, 0) is 7.05 Å². The van der Waals surface area contributed by atoms with Gasteiger partial charge in [0.2, 0.25) is 0 Å². The predicted molar refractivity (Wildman–Crippen MR) is 89.9 cm³/mol. The lowest BCUT2D eigenvalue weighted by Gasteiger charge is -2.11. The monoisotopic (exact) mass is 336 g/mol. The van der Waals surface area contributed by atoms with Crippen LogP contribution in [0.1, 0.15) is 12.5 Å². The lowest BCUT2D eigenvalue weighted by atomic mass is 10.2. The molecule has 8 heteroatoms. The quantitative estimate of drug-likeness (QED) is 0.647. The molecule has 0 atom stereocenters. The summed E-state index contributed by atoms with van der Waals surface area (Å²) < 4.78 is 12.0. The highest BCUT2D eigenvalue weighted by atomic mass is 35.5. The van der Waals surface area contributed by atoms with E-state index in [0.717, 1.165) is 10.2 Å². The van der Waals surface area contributed by atoms with Crippen LogP contribution in [0.3, 0.4) is 0 Å². The van der Waals surface area contributed by atoms with Gasteiger partial charge < -0.3 is 9.47 Å². The number of methoxy groups -OCH3 is 1. The van der Waals surface area contributed by atoms with E-state index >= 15 is 0 Å². The van der Waals surface area contributed by atoms with E-state index in [4.69, 9.17) is 21.1 Å². The zero-order valence-corrected chi connectivity index (χ0v) is 13.8. The molecule has 23 heavy (non-hydrogen) atoms. The average molecular weight is 337 g/mol. The Bertz CT molecular complexity index is 774. The third-order valence-corrected chi connectivity index (χ3v) is 3.35. The molecular weight excluding hydrogens is 320 g/mol. The Morgan fingerprint density at radius 3 is 2.96 bits per heavy atom. The number of para-hydroxylation sites is 1. The number of rotatable bonds is 6. The van der Waals surface area contributed by atoms with Crippen molar-refractivity contribution < 1.29 is 9.47 Å². The zero-order valence-electron chi connectivity index (χ0n) is 13.0. The van der Waals surface area contributed by atoms with Gasteiger partial charge in [0.25, 0.3) is 5.56 Å². The van der Waals surface area contributed by atoms with Gasteiger partial charge in [-0.2, -0.15) is 10.2 Å². The second-order valence-corrected chi connectivity index (χ2v) is 4.86. The number of nitrogens with one attached hydrogen (secondary N) is 1. The smallest absolute Gasteiger partial charge is 0.287 e. The number of aromatic nitrogens is 2. The van der Waals surface area contributed by atoms with E-state index in [9.17, 15) is 4.79 Å². The summed E-state index contributed by atoms with van der Waals surface area (Å²) in [6, 6.07) is 5.48. The molecule has 122 valence electrons. The first-order valence-electron chi connectivity index (χ1n) is 6.89. The van der Waals surface area contributed by atoms with Crippen LogP contribution in [0.25, 0.3) is 0 Å². The Balaban J connectivity index is 2.23. The van der Waals surface area contributed by atoms with Crippen molar-refractivity contribution in [1.29, 1.82) is 0 Å². The molecule has 0 saturated carbocycles. The van der Waals surface area contributed by atoms with Crippen molar-refractivity contribution >= 4 is 23.5 Å². The van der Waals surface area contributed by atoms with E-state index < -0.39 is 5.56 Å².